The molecule has 1 aliphatic heterocycles. The van der Waals surface area contributed by atoms with E-state index in [0.29, 0.717) is 37.8 Å². The average Bonchev–Trinajstić information content (AvgIpc) is 2.98. The van der Waals surface area contributed by atoms with Gasteiger partial charge < -0.3 is 20.3 Å². The highest BCUT2D eigenvalue weighted by molar-refractivity contribution is 7.80. The first-order valence-electron chi connectivity index (χ1n) is 7.52. The quantitative estimate of drug-likeness (QED) is 0.791. The minimum absolute atomic E-state index is 0.0380. The van der Waals surface area contributed by atoms with E-state index in [4.69, 9.17) is 22.7 Å². The van der Waals surface area contributed by atoms with E-state index in [-0.39, 0.29) is 12.0 Å². The number of amides is 2. The highest BCUT2D eigenvalue weighted by atomic mass is 32.1. The molecule has 2 rings (SSSR count). The summed E-state index contributed by atoms with van der Waals surface area (Å²) >= 11 is 5.16. The molecular weight excluding hydrogens is 290 g/mol. The maximum Gasteiger partial charge on any atom is 0.409 e. The number of nitrogens with two attached hydrogens (primary N) is 1. The van der Waals surface area contributed by atoms with Crippen molar-refractivity contribution in [1.82, 2.24) is 9.80 Å². The van der Waals surface area contributed by atoms with Gasteiger partial charge in [0.15, 0.2) is 0 Å². The highest BCUT2D eigenvalue weighted by Gasteiger charge is 2.46. The zero-order valence-electron chi connectivity index (χ0n) is 12.5. The fourth-order valence-electron chi connectivity index (χ4n) is 3.15. The first-order chi connectivity index (χ1) is 10.0. The van der Waals surface area contributed by atoms with Crippen LogP contribution >= 0.6 is 12.2 Å². The lowest BCUT2D eigenvalue weighted by atomic mass is 9.84. The van der Waals surface area contributed by atoms with Crippen LogP contribution in [0.1, 0.15) is 32.6 Å². The van der Waals surface area contributed by atoms with Crippen LogP contribution in [-0.2, 0) is 9.53 Å². The van der Waals surface area contributed by atoms with Gasteiger partial charge in [-0.3, -0.25) is 4.79 Å². The third kappa shape index (κ3) is 3.12. The molecule has 2 fully saturated rings. The Balaban J connectivity index is 1.97. The first-order valence-corrected chi connectivity index (χ1v) is 7.93. The Morgan fingerprint density at radius 2 is 1.67 bits per heavy atom. The third-order valence-electron chi connectivity index (χ3n) is 4.43. The topological polar surface area (TPSA) is 75.9 Å². The van der Waals surface area contributed by atoms with E-state index in [1.807, 2.05) is 0 Å². The van der Waals surface area contributed by atoms with Crippen LogP contribution in [-0.4, -0.2) is 59.6 Å². The largest absolute Gasteiger partial charge is 0.450 e. The van der Waals surface area contributed by atoms with Crippen molar-refractivity contribution >= 4 is 29.2 Å². The van der Waals surface area contributed by atoms with Gasteiger partial charge in [-0.2, -0.15) is 0 Å². The third-order valence-corrected chi connectivity index (χ3v) is 4.82. The summed E-state index contributed by atoms with van der Waals surface area (Å²) in [4.78, 5) is 28.2. The van der Waals surface area contributed by atoms with Crippen molar-refractivity contribution in [2.24, 2.45) is 11.1 Å². The highest BCUT2D eigenvalue weighted by Crippen LogP contribution is 2.40. The maximum atomic E-state index is 12.8. The lowest BCUT2D eigenvalue weighted by molar-refractivity contribution is -0.139. The number of hydrogen-bond donors (Lipinski definition) is 1. The van der Waals surface area contributed by atoms with Crippen molar-refractivity contribution in [1.29, 1.82) is 0 Å². The van der Waals surface area contributed by atoms with Gasteiger partial charge in [-0.05, 0) is 19.8 Å². The zero-order valence-corrected chi connectivity index (χ0v) is 13.3. The lowest BCUT2D eigenvalue weighted by Crippen LogP contribution is -2.56. The summed E-state index contributed by atoms with van der Waals surface area (Å²) in [6, 6.07) is 0. The van der Waals surface area contributed by atoms with Gasteiger partial charge in [0.1, 0.15) is 0 Å². The van der Waals surface area contributed by atoms with Gasteiger partial charge in [-0.1, -0.05) is 25.1 Å². The van der Waals surface area contributed by atoms with Crippen molar-refractivity contribution in [2.45, 2.75) is 32.6 Å². The van der Waals surface area contributed by atoms with Crippen LogP contribution in [0.5, 0.6) is 0 Å². The summed E-state index contributed by atoms with van der Waals surface area (Å²) in [6.07, 6.45) is 3.17. The van der Waals surface area contributed by atoms with E-state index >= 15 is 0 Å². The van der Waals surface area contributed by atoms with Crippen LogP contribution < -0.4 is 5.73 Å². The molecule has 0 radical (unpaired) electrons. The van der Waals surface area contributed by atoms with Gasteiger partial charge in [0, 0.05) is 26.2 Å². The first kappa shape index (κ1) is 16.0. The van der Waals surface area contributed by atoms with Crippen LogP contribution in [0.25, 0.3) is 0 Å². The average molecular weight is 313 g/mol. The molecule has 2 N–H and O–H groups in total. The Bertz CT molecular complexity index is 427. The van der Waals surface area contributed by atoms with Crippen LogP contribution in [0.4, 0.5) is 4.79 Å². The molecule has 2 amide bonds. The summed E-state index contributed by atoms with van der Waals surface area (Å²) in [5, 5.41) is 0. The van der Waals surface area contributed by atoms with E-state index in [9.17, 15) is 9.59 Å². The number of carbonyl (C=O) groups excluding carboxylic acids is 2. The summed E-state index contributed by atoms with van der Waals surface area (Å²) < 4.78 is 4.98. The molecule has 0 atom stereocenters. The van der Waals surface area contributed by atoms with E-state index < -0.39 is 5.41 Å². The number of piperazine rings is 1. The molecule has 1 aliphatic carbocycles. The van der Waals surface area contributed by atoms with Crippen molar-refractivity contribution in [3.63, 3.8) is 0 Å². The summed E-state index contributed by atoms with van der Waals surface area (Å²) in [6.45, 7) is 4.17. The molecule has 1 saturated heterocycles. The Hall–Kier alpha value is -1.37. The van der Waals surface area contributed by atoms with Crippen LogP contribution in [0.2, 0.25) is 0 Å². The molecule has 7 heteroatoms. The van der Waals surface area contributed by atoms with Gasteiger partial charge in [0.25, 0.3) is 0 Å². The Morgan fingerprint density at radius 3 is 2.14 bits per heavy atom. The molecular formula is C14H23N3O3S. The number of nitrogens with zero attached hydrogens (tertiary/aromatic N) is 2. The van der Waals surface area contributed by atoms with Crippen molar-refractivity contribution in [3.8, 4) is 0 Å². The Kier molecular flexibility index (Phi) is 5.03. The normalized spacial score (nSPS) is 21.2. The predicted molar refractivity (Wildman–Crippen MR) is 82.9 cm³/mol. The van der Waals surface area contributed by atoms with E-state index in [2.05, 4.69) is 0 Å². The predicted octanol–water partition coefficient (Wildman–Crippen LogP) is 1.13. The smallest absolute Gasteiger partial charge is 0.409 e. The fourth-order valence-corrected chi connectivity index (χ4v) is 3.45. The van der Waals surface area contributed by atoms with Crippen molar-refractivity contribution in [2.75, 3.05) is 32.8 Å². The van der Waals surface area contributed by atoms with Gasteiger partial charge in [0.2, 0.25) is 5.91 Å². The zero-order chi connectivity index (χ0) is 15.5. The molecule has 0 aromatic rings. The molecule has 0 aromatic heterocycles. The molecule has 21 heavy (non-hydrogen) atoms. The monoisotopic (exact) mass is 313 g/mol. The second-order valence-electron chi connectivity index (χ2n) is 5.63. The van der Waals surface area contributed by atoms with Crippen molar-refractivity contribution in [3.05, 3.63) is 0 Å². The van der Waals surface area contributed by atoms with Gasteiger partial charge >= 0.3 is 6.09 Å². The Morgan fingerprint density at radius 1 is 1.14 bits per heavy atom. The molecule has 0 aromatic carbocycles. The van der Waals surface area contributed by atoms with Crippen LogP contribution in [0.3, 0.4) is 0 Å². The Labute approximate surface area is 130 Å². The number of carbonyl (C=O) groups is 2. The summed E-state index contributed by atoms with van der Waals surface area (Å²) in [5.74, 6) is 0.0380. The summed E-state index contributed by atoms with van der Waals surface area (Å²) in [7, 11) is 0. The number of ether oxygens (including phenoxy) is 1. The fraction of sp³-hybridized carbons (Fsp3) is 0.786. The van der Waals surface area contributed by atoms with E-state index in [0.717, 1.165) is 25.7 Å². The molecule has 0 bridgehead atoms. The van der Waals surface area contributed by atoms with Crippen LogP contribution in [0.15, 0.2) is 0 Å². The molecule has 118 valence electrons. The lowest BCUT2D eigenvalue weighted by Gasteiger charge is -2.39. The molecule has 0 spiro atoms. The molecule has 0 unspecified atom stereocenters. The van der Waals surface area contributed by atoms with Crippen LogP contribution in [0, 0.1) is 5.41 Å². The SMILES string of the molecule is CCOC(=O)N1CCN(C(=O)C2(C(N)=S)CCCC2)CC1. The number of thiocarbonyl (C=S) groups is 1. The number of rotatable bonds is 3. The van der Waals surface area contributed by atoms with Gasteiger partial charge in [-0.15, -0.1) is 0 Å². The van der Waals surface area contributed by atoms with E-state index in [1.165, 1.54) is 0 Å². The minimum atomic E-state index is -0.651. The minimum Gasteiger partial charge on any atom is -0.450 e. The summed E-state index contributed by atoms with van der Waals surface area (Å²) in [5.41, 5.74) is 5.20. The van der Waals surface area contributed by atoms with E-state index in [1.54, 1.807) is 16.7 Å². The molecule has 2 aliphatic rings. The molecule has 6 nitrogen and oxygen atoms in total. The van der Waals surface area contributed by atoms with Crippen molar-refractivity contribution < 1.29 is 14.3 Å². The van der Waals surface area contributed by atoms with Gasteiger partial charge in [0.05, 0.1) is 17.0 Å². The standard InChI is InChI=1S/C14H23N3O3S/c1-2-20-13(19)17-9-7-16(8-10-17)12(18)14(11(15)21)5-3-4-6-14/h2-10H2,1H3,(H2,15,21). The second-order valence-corrected chi connectivity index (χ2v) is 6.07. The van der Waals surface area contributed by atoms with Gasteiger partial charge in [-0.25, -0.2) is 4.79 Å². The second kappa shape index (κ2) is 6.60. The molecule has 1 saturated carbocycles. The maximum absolute atomic E-state index is 12.8. The number of hydrogen-bond acceptors (Lipinski definition) is 4. The molecule has 1 heterocycles.